The number of benzene rings is 9. The van der Waals surface area contributed by atoms with E-state index in [0.29, 0.717) is 5.92 Å². The Bertz CT molecular complexity index is 3450. The number of amidine groups is 2. The number of hydrogen-bond donors (Lipinski definition) is 1. The smallest absolute Gasteiger partial charge is 0.169 e. The fraction of sp³-hybridized carbons (Fsp3) is 0.125. The minimum atomic E-state index is -0.378. The Morgan fingerprint density at radius 2 is 1.10 bits per heavy atom. The monoisotopic (exact) mass is 880 g/mol. The molecule has 0 aliphatic carbocycles. The molecule has 10 aromatic rings. The summed E-state index contributed by atoms with van der Waals surface area (Å²) in [5.74, 6) is 2.28. The van der Waals surface area contributed by atoms with Crippen LogP contribution in [-0.2, 0) is 6.42 Å². The van der Waals surface area contributed by atoms with Gasteiger partial charge in [-0.2, -0.15) is 0 Å². The zero-order chi connectivity index (χ0) is 46.6. The van der Waals surface area contributed by atoms with E-state index in [2.05, 4.69) is 232 Å². The third kappa shape index (κ3) is 8.81. The standard InChI is InChI=1S/C51H44N4.C13H12/c1-5-45-44(30-34(4)48-40(33(2)3)29-28-35-18-12-15-25-42(35)48)43-26-16-17-27-46(43)55(45)47-32-39(31-38-23-13-14-24-41(38)47)51-53-49(36-19-8-6-9-20-36)52-50(54-51)37-21-10-7-11-22-37;1-11-7-9-13(10-8-11)12-5-3-2-4-6-12/h5-29,31-34,49H,1,30H2,2-4H3,(H,52,53,54);2-10H,1H3. The number of rotatable bonds is 10. The number of aromatic nitrogens is 1. The highest BCUT2D eigenvalue weighted by Crippen LogP contribution is 2.40. The first-order valence-electron chi connectivity index (χ1n) is 23.8. The summed E-state index contributed by atoms with van der Waals surface area (Å²) in [4.78, 5) is 10.4. The summed E-state index contributed by atoms with van der Waals surface area (Å²) in [6, 6.07) is 75.2. The Morgan fingerprint density at radius 3 is 1.78 bits per heavy atom. The maximum Gasteiger partial charge on any atom is 0.169 e. The molecular formula is C64H56N4. The summed E-state index contributed by atoms with van der Waals surface area (Å²) < 4.78 is 2.42. The van der Waals surface area contributed by atoms with Crippen LogP contribution in [0.5, 0.6) is 0 Å². The topological polar surface area (TPSA) is 41.7 Å². The number of para-hydroxylation sites is 1. The van der Waals surface area contributed by atoms with Crippen LogP contribution < -0.4 is 5.32 Å². The molecule has 0 bridgehead atoms. The van der Waals surface area contributed by atoms with Gasteiger partial charge >= 0.3 is 0 Å². The Kier molecular flexibility index (Phi) is 12.5. The van der Waals surface area contributed by atoms with Crippen LogP contribution in [0.1, 0.15) is 83.4 Å². The fourth-order valence-electron chi connectivity index (χ4n) is 9.89. The van der Waals surface area contributed by atoms with Crippen molar-refractivity contribution in [2.45, 2.75) is 52.1 Å². The molecule has 0 amide bonds. The SMILES string of the molecule is C=Cc1c(CC(C)c2c(C(C)C)ccc3ccccc23)c2ccccc2n1-c1cc(C2=NC(c3ccccc3)N=C(c3ccccc3)N2)cc2ccccc12.Cc1ccc(-c2ccccc2)cc1. The van der Waals surface area contributed by atoms with Crippen molar-refractivity contribution < 1.29 is 0 Å². The van der Waals surface area contributed by atoms with E-state index in [1.165, 1.54) is 54.9 Å². The molecule has 9 aromatic carbocycles. The number of aryl methyl sites for hydroxylation is 1. The highest BCUT2D eigenvalue weighted by molar-refractivity contribution is 6.17. The lowest BCUT2D eigenvalue weighted by Crippen LogP contribution is -2.36. The number of nitrogens with one attached hydrogen (secondary N) is 1. The molecule has 1 aromatic heterocycles. The molecule has 4 nitrogen and oxygen atoms in total. The van der Waals surface area contributed by atoms with E-state index in [1.54, 1.807) is 0 Å². The van der Waals surface area contributed by atoms with Gasteiger partial charge in [-0.05, 0) is 99.0 Å². The largest absolute Gasteiger partial charge is 0.324 e. The van der Waals surface area contributed by atoms with Crippen molar-refractivity contribution in [2.24, 2.45) is 9.98 Å². The maximum absolute atomic E-state index is 5.26. The molecule has 1 N–H and O–H groups in total. The first-order valence-corrected chi connectivity index (χ1v) is 23.8. The summed E-state index contributed by atoms with van der Waals surface area (Å²) in [6.07, 6.45) is 2.55. The quantitative estimate of drug-likeness (QED) is 0.146. The van der Waals surface area contributed by atoms with Gasteiger partial charge in [0.1, 0.15) is 11.7 Å². The first kappa shape index (κ1) is 43.8. The average molecular weight is 881 g/mol. The van der Waals surface area contributed by atoms with Crippen molar-refractivity contribution in [3.63, 3.8) is 0 Å². The average Bonchev–Trinajstić information content (AvgIpc) is 3.71. The highest BCUT2D eigenvalue weighted by Gasteiger charge is 2.25. The number of aliphatic imine (C=N–C) groups is 2. The summed E-state index contributed by atoms with van der Waals surface area (Å²) in [7, 11) is 0. The van der Waals surface area contributed by atoms with E-state index < -0.39 is 0 Å². The maximum atomic E-state index is 5.26. The summed E-state index contributed by atoms with van der Waals surface area (Å²) in [5.41, 5.74) is 14.5. The van der Waals surface area contributed by atoms with Crippen molar-refractivity contribution >= 4 is 50.2 Å². The Labute approximate surface area is 400 Å². The molecule has 11 rings (SSSR count). The molecular weight excluding hydrogens is 825 g/mol. The van der Waals surface area contributed by atoms with Gasteiger partial charge in [-0.1, -0.05) is 227 Å². The van der Waals surface area contributed by atoms with Gasteiger partial charge < -0.3 is 9.88 Å². The summed E-state index contributed by atoms with van der Waals surface area (Å²) in [5, 5.41) is 9.83. The van der Waals surface area contributed by atoms with Crippen LogP contribution in [0.15, 0.2) is 229 Å². The van der Waals surface area contributed by atoms with Gasteiger partial charge in [0.25, 0.3) is 0 Å². The van der Waals surface area contributed by atoms with E-state index in [4.69, 9.17) is 9.98 Å². The molecule has 0 fully saturated rings. The lowest BCUT2D eigenvalue weighted by atomic mass is 9.82. The van der Waals surface area contributed by atoms with Gasteiger partial charge in [0.2, 0.25) is 0 Å². The van der Waals surface area contributed by atoms with Gasteiger partial charge in [0.05, 0.1) is 11.2 Å². The molecule has 2 heterocycles. The number of fused-ring (bicyclic) bond motifs is 3. The van der Waals surface area contributed by atoms with Crippen LogP contribution in [0.4, 0.5) is 0 Å². The second-order valence-electron chi connectivity index (χ2n) is 18.1. The van der Waals surface area contributed by atoms with Crippen LogP contribution >= 0.6 is 0 Å². The Morgan fingerprint density at radius 1 is 0.544 bits per heavy atom. The van der Waals surface area contributed by atoms with Crippen molar-refractivity contribution in [3.05, 3.63) is 264 Å². The minimum absolute atomic E-state index is 0.274. The first-order chi connectivity index (χ1) is 33.3. The number of hydrogen-bond acceptors (Lipinski definition) is 3. The van der Waals surface area contributed by atoms with Gasteiger partial charge in [0, 0.05) is 27.6 Å². The lowest BCUT2D eigenvalue weighted by molar-refractivity contribution is 0.735. The van der Waals surface area contributed by atoms with Crippen LogP contribution in [-0.4, -0.2) is 16.2 Å². The van der Waals surface area contributed by atoms with E-state index >= 15 is 0 Å². The second-order valence-corrected chi connectivity index (χ2v) is 18.1. The van der Waals surface area contributed by atoms with Crippen LogP contribution in [0.3, 0.4) is 0 Å². The zero-order valence-electron chi connectivity index (χ0n) is 39.3. The molecule has 1 aliphatic heterocycles. The Balaban J connectivity index is 0.000000357. The van der Waals surface area contributed by atoms with E-state index in [0.717, 1.165) is 57.1 Å². The normalized spacial score (nSPS) is 13.9. The van der Waals surface area contributed by atoms with Crippen LogP contribution in [0.25, 0.3) is 55.3 Å². The molecule has 2 unspecified atom stereocenters. The molecule has 0 spiro atoms. The number of nitrogens with zero attached hydrogens (tertiary/aromatic N) is 3. The van der Waals surface area contributed by atoms with E-state index in [1.807, 2.05) is 30.3 Å². The van der Waals surface area contributed by atoms with Gasteiger partial charge in [0.15, 0.2) is 6.17 Å². The van der Waals surface area contributed by atoms with Crippen LogP contribution in [0, 0.1) is 6.92 Å². The predicted octanol–water partition coefficient (Wildman–Crippen LogP) is 16.2. The highest BCUT2D eigenvalue weighted by atomic mass is 15.2. The van der Waals surface area contributed by atoms with Gasteiger partial charge in [-0.15, -0.1) is 0 Å². The molecule has 1 aliphatic rings. The van der Waals surface area contributed by atoms with Crippen molar-refractivity contribution in [1.82, 2.24) is 9.88 Å². The third-order valence-electron chi connectivity index (χ3n) is 13.2. The predicted molar refractivity (Wildman–Crippen MR) is 289 cm³/mol. The van der Waals surface area contributed by atoms with E-state index in [-0.39, 0.29) is 12.1 Å². The Hall–Kier alpha value is -8.08. The molecule has 0 radical (unpaired) electrons. The van der Waals surface area contributed by atoms with Crippen molar-refractivity contribution in [2.75, 3.05) is 0 Å². The molecule has 68 heavy (non-hydrogen) atoms. The molecule has 332 valence electrons. The third-order valence-corrected chi connectivity index (χ3v) is 13.2. The molecule has 4 heteroatoms. The molecule has 0 saturated carbocycles. The zero-order valence-corrected chi connectivity index (χ0v) is 39.3. The molecule has 2 atom stereocenters. The summed E-state index contributed by atoms with van der Waals surface area (Å²) >= 11 is 0. The van der Waals surface area contributed by atoms with E-state index in [9.17, 15) is 0 Å². The van der Waals surface area contributed by atoms with Crippen molar-refractivity contribution in [3.8, 4) is 16.8 Å². The van der Waals surface area contributed by atoms with Crippen LogP contribution in [0.2, 0.25) is 0 Å². The van der Waals surface area contributed by atoms with Crippen molar-refractivity contribution in [1.29, 1.82) is 0 Å². The van der Waals surface area contributed by atoms with Gasteiger partial charge in [-0.3, -0.25) is 0 Å². The lowest BCUT2D eigenvalue weighted by Gasteiger charge is -2.23. The fourth-order valence-corrected chi connectivity index (χ4v) is 9.89. The molecule has 0 saturated heterocycles. The second kappa shape index (κ2) is 19.4. The summed E-state index contributed by atoms with van der Waals surface area (Å²) in [6.45, 7) is 13.6. The minimum Gasteiger partial charge on any atom is -0.324 e. The van der Waals surface area contributed by atoms with Gasteiger partial charge in [-0.25, -0.2) is 9.98 Å².